The van der Waals surface area contributed by atoms with Crippen molar-refractivity contribution in [2.45, 2.75) is 57.9 Å². The van der Waals surface area contributed by atoms with Crippen molar-refractivity contribution >= 4 is 23.2 Å². The maximum atomic E-state index is 12.8. The van der Waals surface area contributed by atoms with Crippen LogP contribution in [0.5, 0.6) is 0 Å². The van der Waals surface area contributed by atoms with Crippen LogP contribution in [0.25, 0.3) is 0 Å². The third-order valence-electron chi connectivity index (χ3n) is 6.33. The number of benzene rings is 1. The number of anilines is 2. The van der Waals surface area contributed by atoms with Gasteiger partial charge < -0.3 is 15.1 Å². The van der Waals surface area contributed by atoms with Gasteiger partial charge in [0.25, 0.3) is 0 Å². The lowest BCUT2D eigenvalue weighted by Gasteiger charge is -2.26. The number of rotatable bonds is 8. The number of carbonyl (C=O) groups excluding carboxylic acids is 2. The third-order valence-corrected chi connectivity index (χ3v) is 6.33. The quantitative estimate of drug-likeness (QED) is 0.737. The lowest BCUT2D eigenvalue weighted by molar-refractivity contribution is -0.133. The topological polar surface area (TPSA) is 52.7 Å². The summed E-state index contributed by atoms with van der Waals surface area (Å²) in [6.45, 7) is 1.51. The maximum Gasteiger partial charge on any atom is 0.227 e. The molecule has 0 heterocycles. The van der Waals surface area contributed by atoms with Gasteiger partial charge >= 0.3 is 0 Å². The molecule has 0 radical (unpaired) electrons. The van der Waals surface area contributed by atoms with Crippen LogP contribution >= 0.6 is 0 Å². The standard InChI is InChI=1S/C23H33N3O2/c1-25(2)21-12-11-20(24-22(27)17-5-3-4-6-17)13-19(21)15-26(14-16-7-8-16)23(28)18-9-10-18/h11-13,16-18H,3-10,14-15H2,1-2H3,(H,24,27). The van der Waals surface area contributed by atoms with Crippen molar-refractivity contribution < 1.29 is 9.59 Å². The molecule has 1 N–H and O–H groups in total. The Kier molecular flexibility index (Phi) is 5.61. The first-order valence-corrected chi connectivity index (χ1v) is 10.9. The Morgan fingerprint density at radius 1 is 1.00 bits per heavy atom. The number of amides is 2. The molecule has 3 fully saturated rings. The van der Waals surface area contributed by atoms with Crippen LogP contribution in [-0.4, -0.2) is 37.4 Å². The molecular weight excluding hydrogens is 350 g/mol. The SMILES string of the molecule is CN(C)c1ccc(NC(=O)C2CCCC2)cc1CN(CC1CC1)C(=O)C1CC1. The van der Waals surface area contributed by atoms with Crippen molar-refractivity contribution in [3.05, 3.63) is 23.8 Å². The van der Waals surface area contributed by atoms with Crippen LogP contribution in [-0.2, 0) is 16.1 Å². The highest BCUT2D eigenvalue weighted by molar-refractivity contribution is 5.93. The average Bonchev–Trinajstić information content (AvgIpc) is 3.60. The Balaban J connectivity index is 1.52. The predicted molar refractivity (Wildman–Crippen MR) is 112 cm³/mol. The highest BCUT2D eigenvalue weighted by Crippen LogP contribution is 2.36. The van der Waals surface area contributed by atoms with Crippen LogP contribution in [0, 0.1) is 17.8 Å². The Hall–Kier alpha value is -2.04. The zero-order chi connectivity index (χ0) is 19.7. The van der Waals surface area contributed by atoms with Gasteiger partial charge in [0.2, 0.25) is 11.8 Å². The smallest absolute Gasteiger partial charge is 0.227 e. The first kappa shape index (κ1) is 19.3. The number of nitrogens with one attached hydrogen (secondary N) is 1. The second-order valence-electron chi connectivity index (χ2n) is 9.14. The molecule has 0 aliphatic heterocycles. The predicted octanol–water partition coefficient (Wildman–Crippen LogP) is 4.03. The minimum Gasteiger partial charge on any atom is -0.377 e. The summed E-state index contributed by atoms with van der Waals surface area (Å²) in [5.41, 5.74) is 3.08. The van der Waals surface area contributed by atoms with Gasteiger partial charge in [-0.2, -0.15) is 0 Å². The molecule has 28 heavy (non-hydrogen) atoms. The highest BCUT2D eigenvalue weighted by Gasteiger charge is 2.36. The van der Waals surface area contributed by atoms with Gasteiger partial charge in [-0.3, -0.25) is 9.59 Å². The summed E-state index contributed by atoms with van der Waals surface area (Å²) in [6, 6.07) is 6.12. The van der Waals surface area contributed by atoms with E-state index >= 15 is 0 Å². The van der Waals surface area contributed by atoms with Crippen molar-refractivity contribution in [1.82, 2.24) is 4.90 Å². The molecule has 3 saturated carbocycles. The number of carbonyl (C=O) groups is 2. The van der Waals surface area contributed by atoms with Crippen molar-refractivity contribution in [3.8, 4) is 0 Å². The van der Waals surface area contributed by atoms with E-state index in [1.807, 2.05) is 20.2 Å². The summed E-state index contributed by atoms with van der Waals surface area (Å²) < 4.78 is 0. The largest absolute Gasteiger partial charge is 0.377 e. The highest BCUT2D eigenvalue weighted by atomic mass is 16.2. The Morgan fingerprint density at radius 3 is 2.32 bits per heavy atom. The van der Waals surface area contributed by atoms with E-state index in [9.17, 15) is 9.59 Å². The minimum atomic E-state index is 0.143. The molecule has 0 saturated heterocycles. The van der Waals surface area contributed by atoms with E-state index in [2.05, 4.69) is 27.2 Å². The summed E-state index contributed by atoms with van der Waals surface area (Å²) in [7, 11) is 4.06. The van der Waals surface area contributed by atoms with E-state index in [-0.39, 0.29) is 17.7 Å². The van der Waals surface area contributed by atoms with E-state index in [4.69, 9.17) is 0 Å². The molecule has 152 valence electrons. The van der Waals surface area contributed by atoms with Crippen LogP contribution in [0.2, 0.25) is 0 Å². The minimum absolute atomic E-state index is 0.143. The van der Waals surface area contributed by atoms with Gasteiger partial charge in [0.1, 0.15) is 0 Å². The van der Waals surface area contributed by atoms with Crippen molar-refractivity contribution in [2.75, 3.05) is 30.9 Å². The van der Waals surface area contributed by atoms with E-state index in [0.29, 0.717) is 18.4 Å². The van der Waals surface area contributed by atoms with Gasteiger partial charge in [0.15, 0.2) is 0 Å². The zero-order valence-electron chi connectivity index (χ0n) is 17.2. The Labute approximate surface area is 168 Å². The molecule has 2 amide bonds. The van der Waals surface area contributed by atoms with Crippen LogP contribution in [0.4, 0.5) is 11.4 Å². The number of hydrogen-bond acceptors (Lipinski definition) is 3. The monoisotopic (exact) mass is 383 g/mol. The molecular formula is C23H33N3O2. The molecule has 0 bridgehead atoms. The van der Waals surface area contributed by atoms with Gasteiger partial charge in [0.05, 0.1) is 0 Å². The Bertz CT molecular complexity index is 731. The molecule has 1 aromatic carbocycles. The second kappa shape index (κ2) is 8.14. The van der Waals surface area contributed by atoms with Crippen LogP contribution < -0.4 is 10.2 Å². The molecule has 3 aliphatic rings. The van der Waals surface area contributed by atoms with Crippen molar-refractivity contribution in [3.63, 3.8) is 0 Å². The molecule has 3 aliphatic carbocycles. The fraction of sp³-hybridized carbons (Fsp3) is 0.652. The molecule has 0 spiro atoms. The zero-order valence-corrected chi connectivity index (χ0v) is 17.2. The Morgan fingerprint density at radius 2 is 1.71 bits per heavy atom. The fourth-order valence-corrected chi connectivity index (χ4v) is 4.30. The van der Waals surface area contributed by atoms with Gasteiger partial charge in [-0.1, -0.05) is 12.8 Å². The summed E-state index contributed by atoms with van der Waals surface area (Å²) >= 11 is 0. The summed E-state index contributed by atoms with van der Waals surface area (Å²) in [4.78, 5) is 29.5. The molecule has 0 unspecified atom stereocenters. The van der Waals surface area contributed by atoms with Crippen LogP contribution in [0.3, 0.4) is 0 Å². The molecule has 5 nitrogen and oxygen atoms in total. The summed E-state index contributed by atoms with van der Waals surface area (Å²) in [6.07, 6.45) is 8.87. The summed E-state index contributed by atoms with van der Waals surface area (Å²) in [5, 5.41) is 3.12. The first-order chi connectivity index (χ1) is 13.5. The second-order valence-corrected chi connectivity index (χ2v) is 9.14. The lowest BCUT2D eigenvalue weighted by atomic mass is 10.1. The molecule has 5 heteroatoms. The van der Waals surface area contributed by atoms with E-state index in [0.717, 1.165) is 62.0 Å². The molecule has 0 aromatic heterocycles. The third kappa shape index (κ3) is 4.68. The van der Waals surface area contributed by atoms with Gasteiger partial charge in [-0.05, 0) is 68.2 Å². The van der Waals surface area contributed by atoms with Crippen molar-refractivity contribution in [2.24, 2.45) is 17.8 Å². The fourth-order valence-electron chi connectivity index (χ4n) is 4.30. The summed E-state index contributed by atoms with van der Waals surface area (Å²) in [5.74, 6) is 1.53. The normalized spacial score (nSPS) is 19.5. The van der Waals surface area contributed by atoms with E-state index < -0.39 is 0 Å². The molecule has 4 rings (SSSR count). The average molecular weight is 384 g/mol. The van der Waals surface area contributed by atoms with Crippen LogP contribution in [0.15, 0.2) is 18.2 Å². The lowest BCUT2D eigenvalue weighted by Crippen LogP contribution is -2.34. The van der Waals surface area contributed by atoms with Crippen molar-refractivity contribution in [1.29, 1.82) is 0 Å². The first-order valence-electron chi connectivity index (χ1n) is 10.9. The molecule has 0 atom stereocenters. The maximum absolute atomic E-state index is 12.8. The van der Waals surface area contributed by atoms with Gasteiger partial charge in [0, 0.05) is 50.4 Å². The van der Waals surface area contributed by atoms with Gasteiger partial charge in [-0.25, -0.2) is 0 Å². The van der Waals surface area contributed by atoms with Crippen LogP contribution in [0.1, 0.15) is 56.9 Å². The number of nitrogens with zero attached hydrogens (tertiary/aromatic N) is 2. The number of hydrogen-bond donors (Lipinski definition) is 1. The molecule has 1 aromatic rings. The van der Waals surface area contributed by atoms with Gasteiger partial charge in [-0.15, -0.1) is 0 Å². The van der Waals surface area contributed by atoms with E-state index in [1.165, 1.54) is 12.8 Å². The van der Waals surface area contributed by atoms with E-state index in [1.54, 1.807) is 0 Å².